The lowest BCUT2D eigenvalue weighted by Gasteiger charge is -2.42. The fraction of sp³-hybridized carbons (Fsp3) is 0.744. The molecule has 8 aliphatic carbocycles. The van der Waals surface area contributed by atoms with Crippen LogP contribution in [0.3, 0.4) is 0 Å². The van der Waals surface area contributed by atoms with Crippen molar-refractivity contribution in [3.63, 3.8) is 0 Å². The first-order valence-corrected chi connectivity index (χ1v) is 19.9. The summed E-state index contributed by atoms with van der Waals surface area (Å²) in [6.07, 6.45) is 28.4. The molecule has 9 aliphatic rings. The Bertz CT molecular complexity index is 1420. The molecule has 0 bridgehead atoms. The zero-order valence-electron chi connectivity index (χ0n) is 28.1. The van der Waals surface area contributed by atoms with E-state index in [2.05, 4.69) is 41.7 Å². The number of allylic oxidation sites excluding steroid dienone is 3. The van der Waals surface area contributed by atoms with Gasteiger partial charge in [-0.25, -0.2) is 0 Å². The first-order valence-electron chi connectivity index (χ1n) is 19.9. The number of hydrogen-bond donors (Lipinski definition) is 2. The molecule has 0 radical (unpaired) electrons. The predicted octanol–water partition coefficient (Wildman–Crippen LogP) is 8.99. The van der Waals surface area contributed by atoms with Gasteiger partial charge in [0.15, 0.2) is 0 Å². The summed E-state index contributed by atoms with van der Waals surface area (Å²) in [5.41, 5.74) is 12.0. The molecule has 14 atom stereocenters. The molecule has 10 rings (SSSR count). The number of nitrogens with one attached hydrogen (secondary N) is 1. The van der Waals surface area contributed by atoms with Crippen molar-refractivity contribution in [1.82, 2.24) is 0 Å². The van der Waals surface area contributed by atoms with Crippen LogP contribution in [0.1, 0.15) is 102 Å². The third-order valence-corrected chi connectivity index (χ3v) is 17.3. The highest BCUT2D eigenvalue weighted by atomic mass is 16.1. The zero-order valence-corrected chi connectivity index (χ0v) is 28.1. The highest BCUT2D eigenvalue weighted by molar-refractivity contribution is 5.62. The van der Waals surface area contributed by atoms with Gasteiger partial charge in [0.2, 0.25) is 0 Å². The Kier molecular flexibility index (Phi) is 6.68. The van der Waals surface area contributed by atoms with Crippen molar-refractivity contribution < 1.29 is 4.79 Å². The quantitative estimate of drug-likeness (QED) is 0.262. The summed E-state index contributed by atoms with van der Waals surface area (Å²) in [5.74, 6) is 8.80. The van der Waals surface area contributed by atoms with E-state index < -0.39 is 0 Å². The van der Waals surface area contributed by atoms with Gasteiger partial charge in [0.25, 0.3) is 0 Å². The predicted molar refractivity (Wildman–Crippen MR) is 186 cm³/mol. The molecule has 0 aromatic heterocycles. The standard InChI is InChI=1S/C43H58N2O/c1-25-33-20-29(26-8-2-3-9-26)21-35(33)40-37(23-42(25)16-6-7-17-42)43(40,39(44)24-46)31-14-15-32-30(18-31)22-36-34(32)19-28-13-12-27-10-4-5-11-38(27)45-41(28)36/h4-5,10-11,14-15,24,26,28-37,39-41,45H,1-3,6-9,12-13,16-23,44H2/t28-,29-,30+,31-,32+,33+,34-,35+,36+,37+,39-,40-,41+,43+/m0/s1. The summed E-state index contributed by atoms with van der Waals surface area (Å²) in [5, 5.41) is 4.12. The number of aryl methyl sites for hydroxylation is 1. The van der Waals surface area contributed by atoms with Crippen LogP contribution in [0.5, 0.6) is 0 Å². The van der Waals surface area contributed by atoms with Crippen LogP contribution < -0.4 is 11.1 Å². The Hall–Kier alpha value is -1.87. The van der Waals surface area contributed by atoms with Crippen molar-refractivity contribution in [3.05, 3.63) is 54.1 Å². The van der Waals surface area contributed by atoms with Crippen molar-refractivity contribution in [2.45, 2.75) is 115 Å². The highest BCUT2D eigenvalue weighted by Crippen LogP contribution is 2.79. The minimum absolute atomic E-state index is 0.0211. The van der Waals surface area contributed by atoms with Gasteiger partial charge in [0.05, 0.1) is 6.04 Å². The van der Waals surface area contributed by atoms with E-state index in [0.29, 0.717) is 41.0 Å². The van der Waals surface area contributed by atoms with Gasteiger partial charge in [-0.1, -0.05) is 81.0 Å². The van der Waals surface area contributed by atoms with Crippen LogP contribution in [0.15, 0.2) is 48.6 Å². The number of fused-ring (bicyclic) bond motifs is 9. The highest BCUT2D eigenvalue weighted by Gasteiger charge is 2.76. The number of anilines is 1. The van der Waals surface area contributed by atoms with Gasteiger partial charge in [0, 0.05) is 17.1 Å². The minimum atomic E-state index is -0.324. The van der Waals surface area contributed by atoms with Crippen LogP contribution in [0, 0.1) is 81.8 Å². The SMILES string of the molecule is C=C1[C@H]2C[C@H](C3CCCC3)C[C@H]2[C@H]2[C@@H](CC13CCCC3)[C@@]2([C@@H](N)C=O)[C@H]1C=C[C@@H]2[C@@H](C[C@@H]3[C@H]2C[C@@H]2CCc4ccccc4N[C@H]23)C1. The fourth-order valence-corrected chi connectivity index (χ4v) is 15.5. The average Bonchev–Trinajstić information content (AvgIpc) is 3.74. The van der Waals surface area contributed by atoms with E-state index in [-0.39, 0.29) is 11.5 Å². The molecular weight excluding hydrogens is 560 g/mol. The van der Waals surface area contributed by atoms with Crippen LogP contribution >= 0.6 is 0 Å². The van der Waals surface area contributed by atoms with Crippen LogP contribution in [-0.4, -0.2) is 18.4 Å². The Labute approximate surface area is 278 Å². The minimum Gasteiger partial charge on any atom is -0.382 e. The lowest BCUT2D eigenvalue weighted by molar-refractivity contribution is -0.111. The van der Waals surface area contributed by atoms with Gasteiger partial charge in [0.1, 0.15) is 6.29 Å². The maximum Gasteiger partial charge on any atom is 0.137 e. The van der Waals surface area contributed by atoms with Gasteiger partial charge in [-0.15, -0.1) is 0 Å². The van der Waals surface area contributed by atoms with E-state index in [1.807, 2.05) is 0 Å². The van der Waals surface area contributed by atoms with Gasteiger partial charge >= 0.3 is 0 Å². The van der Waals surface area contributed by atoms with E-state index in [1.54, 1.807) is 5.57 Å². The lowest BCUT2D eigenvalue weighted by atomic mass is 9.63. The molecule has 3 N–H and O–H groups in total. The molecule has 3 heteroatoms. The molecule has 1 spiro atoms. The zero-order chi connectivity index (χ0) is 30.8. The maximum absolute atomic E-state index is 12.9. The van der Waals surface area contributed by atoms with Crippen LogP contribution in [0.4, 0.5) is 5.69 Å². The van der Waals surface area contributed by atoms with Gasteiger partial charge in [-0.3, -0.25) is 0 Å². The lowest BCUT2D eigenvalue weighted by Crippen LogP contribution is -2.44. The third kappa shape index (κ3) is 3.96. The fourth-order valence-electron chi connectivity index (χ4n) is 15.5. The average molecular weight is 619 g/mol. The van der Waals surface area contributed by atoms with Crippen molar-refractivity contribution in [1.29, 1.82) is 0 Å². The second-order valence-electron chi connectivity index (χ2n) is 18.5. The number of rotatable bonds is 4. The number of nitrogens with two attached hydrogens (primary N) is 1. The normalized spacial score (nSPS) is 48.8. The molecule has 0 saturated heterocycles. The van der Waals surface area contributed by atoms with Crippen molar-refractivity contribution in [2.75, 3.05) is 5.32 Å². The van der Waals surface area contributed by atoms with E-state index in [0.717, 1.165) is 41.4 Å². The number of para-hydroxylation sites is 1. The molecule has 7 fully saturated rings. The largest absolute Gasteiger partial charge is 0.382 e. The summed E-state index contributed by atoms with van der Waals surface area (Å²) < 4.78 is 0. The molecule has 1 aromatic carbocycles. The Morgan fingerprint density at radius 3 is 2.46 bits per heavy atom. The molecule has 246 valence electrons. The van der Waals surface area contributed by atoms with Crippen molar-refractivity contribution >= 4 is 12.0 Å². The molecule has 7 saturated carbocycles. The summed E-state index contributed by atoms with van der Waals surface area (Å²) in [4.78, 5) is 12.9. The van der Waals surface area contributed by atoms with Gasteiger partial charge in [-0.05, 0) is 152 Å². The van der Waals surface area contributed by atoms with E-state index in [9.17, 15) is 4.79 Å². The first kappa shape index (κ1) is 29.1. The number of carbonyl (C=O) groups is 1. The number of carbonyl (C=O) groups excluding carboxylic acids is 1. The molecule has 1 heterocycles. The third-order valence-electron chi connectivity index (χ3n) is 17.3. The Morgan fingerprint density at radius 1 is 0.848 bits per heavy atom. The van der Waals surface area contributed by atoms with E-state index >= 15 is 0 Å². The monoisotopic (exact) mass is 618 g/mol. The van der Waals surface area contributed by atoms with E-state index in [4.69, 9.17) is 12.3 Å². The summed E-state index contributed by atoms with van der Waals surface area (Å²) in [6.45, 7) is 5.00. The molecule has 0 unspecified atom stereocenters. The smallest absolute Gasteiger partial charge is 0.137 e. The maximum atomic E-state index is 12.9. The molecule has 0 amide bonds. The van der Waals surface area contributed by atoms with Crippen LogP contribution in [0.2, 0.25) is 0 Å². The topological polar surface area (TPSA) is 55.1 Å². The molecule has 46 heavy (non-hydrogen) atoms. The number of benzene rings is 1. The van der Waals surface area contributed by atoms with Crippen molar-refractivity contribution in [3.8, 4) is 0 Å². The molecule has 1 aromatic rings. The van der Waals surface area contributed by atoms with Crippen LogP contribution in [0.25, 0.3) is 0 Å². The molecule has 1 aliphatic heterocycles. The summed E-state index contributed by atoms with van der Waals surface area (Å²) in [7, 11) is 0. The van der Waals surface area contributed by atoms with E-state index in [1.165, 1.54) is 120 Å². The molecular formula is C43H58N2O. The Morgan fingerprint density at radius 2 is 1.63 bits per heavy atom. The van der Waals surface area contributed by atoms with Crippen molar-refractivity contribution in [2.24, 2.45) is 87.6 Å². The first-order chi connectivity index (χ1) is 22.5. The van der Waals surface area contributed by atoms with Gasteiger partial charge < -0.3 is 15.8 Å². The summed E-state index contributed by atoms with van der Waals surface area (Å²) in [6, 6.07) is 9.39. The second kappa shape index (κ2) is 10.6. The van der Waals surface area contributed by atoms with Crippen LogP contribution in [-0.2, 0) is 11.2 Å². The molecule has 3 nitrogen and oxygen atoms in total. The summed E-state index contributed by atoms with van der Waals surface area (Å²) >= 11 is 0. The number of hydrogen-bond acceptors (Lipinski definition) is 3. The second-order valence-corrected chi connectivity index (χ2v) is 18.5. The van der Waals surface area contributed by atoms with Gasteiger partial charge in [-0.2, -0.15) is 0 Å². The number of aldehydes is 1. The Balaban J connectivity index is 0.961.